The summed E-state index contributed by atoms with van der Waals surface area (Å²) in [4.78, 5) is 10.2. The molecule has 0 bridgehead atoms. The summed E-state index contributed by atoms with van der Waals surface area (Å²) >= 11 is 9.83. The van der Waals surface area contributed by atoms with E-state index in [-0.39, 0.29) is 4.83 Å². The minimum Gasteiger partial charge on any atom is -0.397 e. The average Bonchev–Trinajstić information content (AvgIpc) is 2.12. The third kappa shape index (κ3) is 2.54. The van der Waals surface area contributed by atoms with Crippen LogP contribution in [-0.2, 0) is 4.79 Å². The maximum Gasteiger partial charge on any atom is 0.138 e. The first-order valence-corrected chi connectivity index (χ1v) is 5.90. The van der Waals surface area contributed by atoms with E-state index >= 15 is 0 Å². The van der Waals surface area contributed by atoms with Gasteiger partial charge in [0.2, 0.25) is 0 Å². The molecule has 0 amide bonds. The van der Waals surface area contributed by atoms with E-state index in [1.54, 1.807) is 0 Å². The number of anilines is 1. The number of nitrogens with two attached hydrogens (primary N) is 1. The molecular weight excluding hydrogens is 366 g/mol. The third-order valence-corrected chi connectivity index (χ3v) is 3.60. The van der Waals surface area contributed by atoms with Gasteiger partial charge < -0.3 is 10.5 Å². The molecule has 0 saturated heterocycles. The van der Waals surface area contributed by atoms with Crippen LogP contribution in [0.3, 0.4) is 0 Å². The first-order valence-electron chi connectivity index (χ1n) is 3.40. The molecule has 2 nitrogen and oxygen atoms in total. The van der Waals surface area contributed by atoms with Crippen LogP contribution in [0.2, 0.25) is 0 Å². The SMILES string of the molecule is Nc1c(Br)cc(C(Br)C=O)cc1Br. The molecule has 0 radical (unpaired) electrons. The van der Waals surface area contributed by atoms with E-state index < -0.39 is 0 Å². The predicted octanol–water partition coefficient (Wildman–Crippen LogP) is 3.43. The fraction of sp³-hybridized carbons (Fsp3) is 0.125. The molecule has 0 fully saturated rings. The number of hydrogen-bond acceptors (Lipinski definition) is 2. The second kappa shape index (κ2) is 4.57. The number of aldehydes is 1. The van der Waals surface area contributed by atoms with E-state index in [0.29, 0.717) is 5.69 Å². The summed E-state index contributed by atoms with van der Waals surface area (Å²) in [6.07, 6.45) is 0.824. The Morgan fingerprint density at radius 2 is 1.77 bits per heavy atom. The lowest BCUT2D eigenvalue weighted by molar-refractivity contribution is -0.107. The van der Waals surface area contributed by atoms with Crippen LogP contribution >= 0.6 is 47.8 Å². The molecule has 0 aliphatic rings. The van der Waals surface area contributed by atoms with Gasteiger partial charge in [0.05, 0.1) is 10.5 Å². The fourth-order valence-electron chi connectivity index (χ4n) is 0.842. The van der Waals surface area contributed by atoms with Gasteiger partial charge in [-0.3, -0.25) is 0 Å². The summed E-state index contributed by atoms with van der Waals surface area (Å²) in [6, 6.07) is 3.63. The van der Waals surface area contributed by atoms with Crippen LogP contribution in [-0.4, -0.2) is 6.29 Å². The van der Waals surface area contributed by atoms with Crippen molar-refractivity contribution in [1.29, 1.82) is 0 Å². The summed E-state index contributed by atoms with van der Waals surface area (Å²) in [5.41, 5.74) is 7.19. The van der Waals surface area contributed by atoms with Crippen LogP contribution in [0.1, 0.15) is 10.4 Å². The maximum absolute atomic E-state index is 10.5. The van der Waals surface area contributed by atoms with Gasteiger partial charge in [0.15, 0.2) is 0 Å². The Labute approximate surface area is 101 Å². The number of nitrogen functional groups attached to an aromatic ring is 1. The summed E-state index contributed by atoms with van der Waals surface area (Å²) in [5.74, 6) is 0. The fourth-order valence-corrected chi connectivity index (χ4v) is 2.33. The molecule has 1 rings (SSSR count). The highest BCUT2D eigenvalue weighted by Crippen LogP contribution is 2.33. The van der Waals surface area contributed by atoms with Crippen molar-refractivity contribution in [3.05, 3.63) is 26.6 Å². The molecule has 2 N–H and O–H groups in total. The summed E-state index contributed by atoms with van der Waals surface area (Å²) in [7, 11) is 0. The van der Waals surface area contributed by atoms with E-state index in [2.05, 4.69) is 47.8 Å². The van der Waals surface area contributed by atoms with Crippen molar-refractivity contribution < 1.29 is 4.79 Å². The van der Waals surface area contributed by atoms with Gasteiger partial charge in [0.25, 0.3) is 0 Å². The van der Waals surface area contributed by atoms with E-state index in [9.17, 15) is 4.79 Å². The molecule has 0 aromatic heterocycles. The van der Waals surface area contributed by atoms with Gasteiger partial charge in [-0.1, -0.05) is 15.9 Å². The number of carbonyl (C=O) groups is 1. The summed E-state index contributed by atoms with van der Waals surface area (Å²) < 4.78 is 1.56. The second-order valence-corrected chi connectivity index (χ2v) is 5.13. The number of hydrogen-bond donors (Lipinski definition) is 1. The number of rotatable bonds is 2. The van der Waals surface area contributed by atoms with Crippen molar-refractivity contribution >= 4 is 59.8 Å². The van der Waals surface area contributed by atoms with Gasteiger partial charge >= 0.3 is 0 Å². The van der Waals surface area contributed by atoms with Crippen molar-refractivity contribution in [2.75, 3.05) is 5.73 Å². The van der Waals surface area contributed by atoms with Crippen molar-refractivity contribution in [2.24, 2.45) is 0 Å². The maximum atomic E-state index is 10.5. The quantitative estimate of drug-likeness (QED) is 0.491. The van der Waals surface area contributed by atoms with Crippen LogP contribution in [0.5, 0.6) is 0 Å². The third-order valence-electron chi connectivity index (χ3n) is 1.54. The Bertz CT molecular complexity index is 317. The monoisotopic (exact) mass is 369 g/mol. The van der Waals surface area contributed by atoms with Crippen LogP contribution in [0, 0.1) is 0 Å². The van der Waals surface area contributed by atoms with Gasteiger partial charge in [0, 0.05) is 8.95 Å². The van der Waals surface area contributed by atoms with Gasteiger partial charge in [-0.15, -0.1) is 0 Å². The topological polar surface area (TPSA) is 43.1 Å². The molecule has 5 heteroatoms. The van der Waals surface area contributed by atoms with Crippen molar-refractivity contribution in [3.8, 4) is 0 Å². The Hall–Kier alpha value is 0.130. The van der Waals surface area contributed by atoms with E-state index in [1.807, 2.05) is 12.1 Å². The standard InChI is InChI=1S/C8H6Br3NO/c9-5-1-4(7(11)3-13)2-6(10)8(5)12/h1-3,7H,12H2. The van der Waals surface area contributed by atoms with Crippen LogP contribution in [0.15, 0.2) is 21.1 Å². The van der Waals surface area contributed by atoms with Crippen LogP contribution < -0.4 is 5.73 Å². The molecule has 0 heterocycles. The lowest BCUT2D eigenvalue weighted by Crippen LogP contribution is -1.95. The zero-order valence-corrected chi connectivity index (χ0v) is 11.2. The molecule has 1 atom stereocenters. The van der Waals surface area contributed by atoms with E-state index in [1.165, 1.54) is 0 Å². The molecule has 70 valence electrons. The molecule has 0 aliphatic carbocycles. The Morgan fingerprint density at radius 1 is 1.31 bits per heavy atom. The van der Waals surface area contributed by atoms with Gasteiger partial charge in [-0.25, -0.2) is 0 Å². The lowest BCUT2D eigenvalue weighted by atomic mass is 10.1. The highest BCUT2D eigenvalue weighted by Gasteiger charge is 2.10. The molecule has 1 aromatic carbocycles. The molecule has 0 saturated carbocycles. The van der Waals surface area contributed by atoms with E-state index in [0.717, 1.165) is 20.8 Å². The number of halogens is 3. The number of alkyl halides is 1. The Morgan fingerprint density at radius 3 is 2.15 bits per heavy atom. The van der Waals surface area contributed by atoms with Crippen LogP contribution in [0.25, 0.3) is 0 Å². The Balaban J connectivity index is 3.20. The number of carbonyl (C=O) groups excluding carboxylic acids is 1. The highest BCUT2D eigenvalue weighted by atomic mass is 79.9. The van der Waals surface area contributed by atoms with Gasteiger partial charge in [-0.05, 0) is 49.6 Å². The summed E-state index contributed by atoms with van der Waals surface area (Å²) in [6.45, 7) is 0. The molecule has 1 aromatic rings. The second-order valence-electron chi connectivity index (χ2n) is 2.44. The summed E-state index contributed by atoms with van der Waals surface area (Å²) in [5, 5.41) is 0. The predicted molar refractivity (Wildman–Crippen MR) is 64.0 cm³/mol. The zero-order chi connectivity index (χ0) is 10.0. The first kappa shape index (κ1) is 11.2. The minimum atomic E-state index is -0.291. The molecule has 0 spiro atoms. The van der Waals surface area contributed by atoms with E-state index in [4.69, 9.17) is 5.73 Å². The largest absolute Gasteiger partial charge is 0.397 e. The van der Waals surface area contributed by atoms with Crippen molar-refractivity contribution in [2.45, 2.75) is 4.83 Å². The zero-order valence-electron chi connectivity index (χ0n) is 6.43. The van der Waals surface area contributed by atoms with Crippen LogP contribution in [0.4, 0.5) is 5.69 Å². The first-order chi connectivity index (χ1) is 6.06. The molecule has 1 unspecified atom stereocenters. The van der Waals surface area contributed by atoms with Crippen molar-refractivity contribution in [3.63, 3.8) is 0 Å². The Kier molecular flexibility index (Phi) is 3.94. The van der Waals surface area contributed by atoms with Crippen molar-refractivity contribution in [1.82, 2.24) is 0 Å². The number of benzene rings is 1. The molecule has 13 heavy (non-hydrogen) atoms. The average molecular weight is 372 g/mol. The molecular formula is C8H6Br3NO. The van der Waals surface area contributed by atoms with Gasteiger partial charge in [-0.2, -0.15) is 0 Å². The molecule has 0 aliphatic heterocycles. The normalized spacial score (nSPS) is 12.5. The smallest absolute Gasteiger partial charge is 0.138 e. The lowest BCUT2D eigenvalue weighted by Gasteiger charge is -2.07. The van der Waals surface area contributed by atoms with Gasteiger partial charge in [0.1, 0.15) is 6.29 Å². The minimum absolute atomic E-state index is 0.291. The highest BCUT2D eigenvalue weighted by molar-refractivity contribution is 9.11.